The van der Waals surface area contributed by atoms with Crippen molar-refractivity contribution < 1.29 is 0 Å². The van der Waals surface area contributed by atoms with Gasteiger partial charge in [0.15, 0.2) is 5.11 Å². The molecule has 0 aliphatic carbocycles. The molecule has 0 spiro atoms. The van der Waals surface area contributed by atoms with Crippen molar-refractivity contribution >= 4 is 23.0 Å². The first-order chi connectivity index (χ1) is 9.47. The minimum absolute atomic E-state index is 0.707. The molecular weight excluding hydrogens is 268 g/mol. The van der Waals surface area contributed by atoms with Crippen LogP contribution in [0.2, 0.25) is 0 Å². The Morgan fingerprint density at radius 2 is 2.15 bits per heavy atom. The Labute approximate surface area is 125 Å². The number of hydrogen-bond acceptors (Lipinski definition) is 2. The van der Waals surface area contributed by atoms with Gasteiger partial charge in [0, 0.05) is 37.6 Å². The van der Waals surface area contributed by atoms with Crippen LogP contribution in [0, 0.1) is 13.8 Å². The van der Waals surface area contributed by atoms with Gasteiger partial charge in [-0.2, -0.15) is 5.10 Å². The lowest BCUT2D eigenvalue weighted by Gasteiger charge is -2.21. The van der Waals surface area contributed by atoms with E-state index in [1.807, 2.05) is 42.0 Å². The van der Waals surface area contributed by atoms with Crippen LogP contribution >= 0.6 is 12.2 Å². The van der Waals surface area contributed by atoms with Crippen molar-refractivity contribution in [3.8, 4) is 0 Å². The van der Waals surface area contributed by atoms with Crippen molar-refractivity contribution in [2.24, 2.45) is 7.05 Å². The summed E-state index contributed by atoms with van der Waals surface area (Å²) in [7, 11) is 3.93. The summed E-state index contributed by atoms with van der Waals surface area (Å²) in [4.78, 5) is 2.02. The third kappa shape index (κ3) is 3.36. The fraction of sp³-hybridized carbons (Fsp3) is 0.333. The van der Waals surface area contributed by atoms with Crippen molar-refractivity contribution in [3.05, 3.63) is 47.3 Å². The lowest BCUT2D eigenvalue weighted by Crippen LogP contribution is -2.30. The Morgan fingerprint density at radius 1 is 1.40 bits per heavy atom. The average molecular weight is 288 g/mol. The molecule has 20 heavy (non-hydrogen) atoms. The third-order valence-electron chi connectivity index (χ3n) is 3.36. The van der Waals surface area contributed by atoms with Gasteiger partial charge in [0.05, 0.1) is 6.20 Å². The highest BCUT2D eigenvalue weighted by Crippen LogP contribution is 2.12. The fourth-order valence-electron chi connectivity index (χ4n) is 1.97. The normalized spacial score (nSPS) is 10.4. The quantitative estimate of drug-likeness (QED) is 0.881. The van der Waals surface area contributed by atoms with Gasteiger partial charge in [-0.3, -0.25) is 4.68 Å². The topological polar surface area (TPSA) is 33.1 Å². The van der Waals surface area contributed by atoms with Crippen molar-refractivity contribution in [2.75, 3.05) is 12.4 Å². The SMILES string of the molecule is Cc1cccc(NC(=S)N(C)Cc2cnn(C)c2C)c1. The van der Waals surface area contributed by atoms with E-state index in [0.29, 0.717) is 5.11 Å². The summed E-state index contributed by atoms with van der Waals surface area (Å²) in [6, 6.07) is 8.18. The van der Waals surface area contributed by atoms with Crippen LogP contribution < -0.4 is 5.32 Å². The summed E-state index contributed by atoms with van der Waals surface area (Å²) in [5.74, 6) is 0. The van der Waals surface area contributed by atoms with E-state index in [0.717, 1.165) is 17.9 Å². The molecule has 0 amide bonds. The van der Waals surface area contributed by atoms with Gasteiger partial charge in [0.1, 0.15) is 0 Å². The number of benzene rings is 1. The molecule has 4 nitrogen and oxygen atoms in total. The molecule has 0 aliphatic heterocycles. The molecule has 0 fully saturated rings. The smallest absolute Gasteiger partial charge is 0.173 e. The lowest BCUT2D eigenvalue weighted by molar-refractivity contribution is 0.506. The molecule has 0 radical (unpaired) electrons. The second-order valence-corrected chi connectivity index (χ2v) is 5.42. The molecule has 2 rings (SSSR count). The van der Waals surface area contributed by atoms with Gasteiger partial charge in [0.2, 0.25) is 0 Å². The molecule has 0 saturated carbocycles. The van der Waals surface area contributed by atoms with Gasteiger partial charge in [0.25, 0.3) is 0 Å². The summed E-state index contributed by atoms with van der Waals surface area (Å²) in [5.41, 5.74) is 4.58. The number of nitrogens with zero attached hydrogens (tertiary/aromatic N) is 3. The highest BCUT2D eigenvalue weighted by Gasteiger charge is 2.10. The van der Waals surface area contributed by atoms with Crippen molar-refractivity contribution in [1.29, 1.82) is 0 Å². The molecule has 1 heterocycles. The maximum atomic E-state index is 5.44. The number of aryl methyl sites for hydroxylation is 2. The summed E-state index contributed by atoms with van der Waals surface area (Å²) < 4.78 is 1.88. The third-order valence-corrected chi connectivity index (χ3v) is 3.77. The molecule has 5 heteroatoms. The van der Waals surface area contributed by atoms with Crippen molar-refractivity contribution in [2.45, 2.75) is 20.4 Å². The lowest BCUT2D eigenvalue weighted by atomic mass is 10.2. The molecule has 1 aromatic heterocycles. The van der Waals surface area contributed by atoms with Crippen molar-refractivity contribution in [1.82, 2.24) is 14.7 Å². The van der Waals surface area contributed by atoms with E-state index in [9.17, 15) is 0 Å². The van der Waals surface area contributed by atoms with E-state index in [4.69, 9.17) is 12.2 Å². The summed E-state index contributed by atoms with van der Waals surface area (Å²) in [5, 5.41) is 8.22. The Hall–Kier alpha value is -1.88. The Balaban J connectivity index is 2.00. The van der Waals surface area contributed by atoms with E-state index in [1.165, 1.54) is 11.1 Å². The van der Waals surface area contributed by atoms with Crippen LogP contribution in [0.3, 0.4) is 0 Å². The highest BCUT2D eigenvalue weighted by molar-refractivity contribution is 7.80. The summed E-state index contributed by atoms with van der Waals surface area (Å²) in [6.07, 6.45) is 1.89. The number of anilines is 1. The first kappa shape index (κ1) is 14.5. The number of nitrogens with one attached hydrogen (secondary N) is 1. The molecule has 0 aliphatic rings. The van der Waals surface area contributed by atoms with E-state index in [-0.39, 0.29) is 0 Å². The zero-order valence-electron chi connectivity index (χ0n) is 12.3. The summed E-state index contributed by atoms with van der Waals surface area (Å²) >= 11 is 5.44. The maximum Gasteiger partial charge on any atom is 0.173 e. The highest BCUT2D eigenvalue weighted by atomic mass is 32.1. The van der Waals surface area contributed by atoms with Crippen molar-refractivity contribution in [3.63, 3.8) is 0 Å². The van der Waals surface area contributed by atoms with Gasteiger partial charge in [-0.05, 0) is 43.8 Å². The monoisotopic (exact) mass is 288 g/mol. The van der Waals surface area contributed by atoms with E-state index in [2.05, 4.69) is 36.4 Å². The molecule has 1 aromatic carbocycles. The van der Waals surface area contributed by atoms with E-state index < -0.39 is 0 Å². The minimum Gasteiger partial charge on any atom is -0.348 e. The van der Waals surface area contributed by atoms with Crippen LogP contribution in [0.25, 0.3) is 0 Å². The molecule has 1 N–H and O–H groups in total. The van der Waals surface area contributed by atoms with Crippen LogP contribution in [0.4, 0.5) is 5.69 Å². The zero-order chi connectivity index (χ0) is 14.7. The second kappa shape index (κ2) is 6.05. The number of hydrogen-bond donors (Lipinski definition) is 1. The summed E-state index contributed by atoms with van der Waals surface area (Å²) in [6.45, 7) is 4.88. The van der Waals surface area contributed by atoms with Gasteiger partial charge < -0.3 is 10.2 Å². The zero-order valence-corrected chi connectivity index (χ0v) is 13.2. The Morgan fingerprint density at radius 3 is 2.75 bits per heavy atom. The predicted octanol–water partition coefficient (Wildman–Crippen LogP) is 2.87. The number of rotatable bonds is 3. The van der Waals surface area contributed by atoms with Crippen LogP contribution in [0.1, 0.15) is 16.8 Å². The molecule has 0 atom stereocenters. The Bertz CT molecular complexity index is 618. The van der Waals surface area contributed by atoms with E-state index in [1.54, 1.807) is 0 Å². The molecule has 0 saturated heterocycles. The largest absolute Gasteiger partial charge is 0.348 e. The molecule has 2 aromatic rings. The molecule has 0 bridgehead atoms. The predicted molar refractivity (Wildman–Crippen MR) is 86.8 cm³/mol. The van der Waals surface area contributed by atoms with Crippen LogP contribution in [-0.2, 0) is 13.6 Å². The van der Waals surface area contributed by atoms with Crippen LogP contribution in [-0.4, -0.2) is 26.8 Å². The fourth-order valence-corrected chi connectivity index (χ4v) is 2.15. The van der Waals surface area contributed by atoms with Crippen LogP contribution in [0.5, 0.6) is 0 Å². The van der Waals surface area contributed by atoms with Crippen LogP contribution in [0.15, 0.2) is 30.5 Å². The van der Waals surface area contributed by atoms with Gasteiger partial charge in [-0.1, -0.05) is 12.1 Å². The first-order valence-corrected chi connectivity index (χ1v) is 6.94. The van der Waals surface area contributed by atoms with Gasteiger partial charge in [-0.25, -0.2) is 0 Å². The number of aromatic nitrogens is 2. The number of thiocarbonyl (C=S) groups is 1. The maximum absolute atomic E-state index is 5.44. The van der Waals surface area contributed by atoms with Gasteiger partial charge in [-0.15, -0.1) is 0 Å². The van der Waals surface area contributed by atoms with Gasteiger partial charge >= 0.3 is 0 Å². The standard InChI is InChI=1S/C15H20N4S/c1-11-6-5-7-14(8-11)17-15(20)18(3)10-13-9-16-19(4)12(13)2/h5-9H,10H2,1-4H3,(H,17,20). The molecule has 106 valence electrons. The first-order valence-electron chi connectivity index (χ1n) is 6.53. The molecular formula is C15H20N4S. The Kier molecular flexibility index (Phi) is 4.39. The van der Waals surface area contributed by atoms with E-state index >= 15 is 0 Å². The minimum atomic E-state index is 0.707. The molecule has 0 unspecified atom stereocenters. The second-order valence-electron chi connectivity index (χ2n) is 5.03. The average Bonchev–Trinajstić information content (AvgIpc) is 2.70.